The monoisotopic (exact) mass is 252 g/mol. The molecular formula is C15H28N2O. The van der Waals surface area contributed by atoms with Crippen LogP contribution in [-0.4, -0.2) is 35.2 Å². The Balaban J connectivity index is 2.74. The van der Waals surface area contributed by atoms with Crippen LogP contribution in [0.1, 0.15) is 52.9 Å². The number of nitrogens with zero attached hydrogens (tertiary/aromatic N) is 2. The van der Waals surface area contributed by atoms with Gasteiger partial charge in [0.05, 0.1) is 12.0 Å². The standard InChI is InChI=1S/C15H28N2O/c1-4-13-6-7-14(11-16)15(10-13)17(12(2)3)8-5-9-18/h12-15,18H,4-10H2,1-3H3. The molecule has 0 spiro atoms. The van der Waals surface area contributed by atoms with Crippen molar-refractivity contribution in [3.05, 3.63) is 0 Å². The predicted octanol–water partition coefficient (Wildman–Crippen LogP) is 2.80. The first-order chi connectivity index (χ1) is 8.63. The normalized spacial score (nSPS) is 28.6. The van der Waals surface area contributed by atoms with Gasteiger partial charge in [-0.25, -0.2) is 0 Å². The van der Waals surface area contributed by atoms with E-state index >= 15 is 0 Å². The van der Waals surface area contributed by atoms with Crippen LogP contribution in [0, 0.1) is 23.2 Å². The van der Waals surface area contributed by atoms with Gasteiger partial charge in [-0.2, -0.15) is 5.26 Å². The van der Waals surface area contributed by atoms with Crippen LogP contribution in [0.3, 0.4) is 0 Å². The highest BCUT2D eigenvalue weighted by Gasteiger charge is 2.34. The van der Waals surface area contributed by atoms with Crippen molar-refractivity contribution in [2.24, 2.45) is 11.8 Å². The molecule has 0 aromatic heterocycles. The summed E-state index contributed by atoms with van der Waals surface area (Å²) in [5, 5.41) is 18.4. The summed E-state index contributed by atoms with van der Waals surface area (Å²) < 4.78 is 0. The third-order valence-electron chi connectivity index (χ3n) is 4.33. The Hall–Kier alpha value is -0.590. The summed E-state index contributed by atoms with van der Waals surface area (Å²) in [6, 6.07) is 3.35. The third kappa shape index (κ3) is 3.96. The van der Waals surface area contributed by atoms with Crippen LogP contribution in [0.15, 0.2) is 0 Å². The molecule has 0 aliphatic heterocycles. The van der Waals surface area contributed by atoms with Crippen molar-refractivity contribution in [1.29, 1.82) is 5.26 Å². The Kier molecular flexibility index (Phi) is 6.67. The first-order valence-corrected chi connectivity index (χ1v) is 7.40. The van der Waals surface area contributed by atoms with Gasteiger partial charge in [-0.05, 0) is 45.4 Å². The number of hydrogen-bond donors (Lipinski definition) is 1. The molecule has 3 atom stereocenters. The molecule has 1 fully saturated rings. The van der Waals surface area contributed by atoms with Crippen LogP contribution in [0.5, 0.6) is 0 Å². The van der Waals surface area contributed by atoms with Gasteiger partial charge < -0.3 is 5.11 Å². The molecule has 0 heterocycles. The van der Waals surface area contributed by atoms with Crippen LogP contribution in [0.4, 0.5) is 0 Å². The quantitative estimate of drug-likeness (QED) is 0.790. The second kappa shape index (κ2) is 7.76. The van der Waals surface area contributed by atoms with E-state index in [1.165, 1.54) is 12.8 Å². The van der Waals surface area contributed by atoms with Crippen LogP contribution in [0.25, 0.3) is 0 Å². The van der Waals surface area contributed by atoms with Crippen molar-refractivity contribution in [3.63, 3.8) is 0 Å². The predicted molar refractivity (Wildman–Crippen MR) is 74.1 cm³/mol. The van der Waals surface area contributed by atoms with E-state index in [1.807, 2.05) is 0 Å². The maximum absolute atomic E-state index is 9.35. The Labute approximate surface area is 112 Å². The molecule has 0 aromatic rings. The summed E-state index contributed by atoms with van der Waals surface area (Å²) in [6.07, 6.45) is 5.43. The van der Waals surface area contributed by atoms with Gasteiger partial charge in [-0.15, -0.1) is 0 Å². The van der Waals surface area contributed by atoms with Crippen LogP contribution >= 0.6 is 0 Å². The average molecular weight is 252 g/mol. The zero-order valence-electron chi connectivity index (χ0n) is 12.1. The Bertz CT molecular complexity index is 272. The van der Waals surface area contributed by atoms with E-state index in [0.29, 0.717) is 12.1 Å². The van der Waals surface area contributed by atoms with E-state index in [1.54, 1.807) is 0 Å². The minimum absolute atomic E-state index is 0.175. The molecule has 1 aliphatic rings. The van der Waals surface area contributed by atoms with Gasteiger partial charge in [-0.1, -0.05) is 13.3 Å². The average Bonchev–Trinajstić information content (AvgIpc) is 2.38. The SMILES string of the molecule is CCC1CCC(C#N)C(N(CCCO)C(C)C)C1. The molecule has 104 valence electrons. The molecular weight excluding hydrogens is 224 g/mol. The fourth-order valence-electron chi connectivity index (χ4n) is 3.18. The summed E-state index contributed by atoms with van der Waals surface area (Å²) in [5.74, 6) is 0.948. The molecule has 0 bridgehead atoms. The molecule has 1 rings (SSSR count). The summed E-state index contributed by atoms with van der Waals surface area (Å²) in [7, 11) is 0. The van der Waals surface area contributed by atoms with E-state index in [0.717, 1.165) is 31.7 Å². The smallest absolute Gasteiger partial charge is 0.0672 e. The maximum Gasteiger partial charge on any atom is 0.0672 e. The molecule has 3 nitrogen and oxygen atoms in total. The van der Waals surface area contributed by atoms with E-state index in [-0.39, 0.29) is 12.5 Å². The van der Waals surface area contributed by atoms with Gasteiger partial charge in [0.15, 0.2) is 0 Å². The lowest BCUT2D eigenvalue weighted by Crippen LogP contribution is -2.48. The highest BCUT2D eigenvalue weighted by molar-refractivity contribution is 4.98. The number of rotatable bonds is 6. The lowest BCUT2D eigenvalue weighted by Gasteiger charge is -2.42. The van der Waals surface area contributed by atoms with Crippen molar-refractivity contribution in [2.45, 2.75) is 65.0 Å². The van der Waals surface area contributed by atoms with E-state index in [2.05, 4.69) is 31.7 Å². The second-order valence-corrected chi connectivity index (χ2v) is 5.80. The maximum atomic E-state index is 9.35. The zero-order chi connectivity index (χ0) is 13.5. The highest BCUT2D eigenvalue weighted by atomic mass is 16.3. The number of aliphatic hydroxyl groups is 1. The number of nitriles is 1. The molecule has 3 heteroatoms. The van der Waals surface area contributed by atoms with Gasteiger partial charge in [0.1, 0.15) is 0 Å². The molecule has 1 N–H and O–H groups in total. The first-order valence-electron chi connectivity index (χ1n) is 7.40. The van der Waals surface area contributed by atoms with Crippen LogP contribution in [-0.2, 0) is 0 Å². The minimum atomic E-state index is 0.175. The van der Waals surface area contributed by atoms with Gasteiger partial charge in [0.25, 0.3) is 0 Å². The minimum Gasteiger partial charge on any atom is -0.396 e. The Morgan fingerprint density at radius 3 is 2.61 bits per heavy atom. The van der Waals surface area contributed by atoms with Crippen molar-refractivity contribution >= 4 is 0 Å². The molecule has 0 amide bonds. The summed E-state index contributed by atoms with van der Waals surface area (Å²) >= 11 is 0. The van der Waals surface area contributed by atoms with Gasteiger partial charge >= 0.3 is 0 Å². The largest absolute Gasteiger partial charge is 0.396 e. The number of hydrogen-bond acceptors (Lipinski definition) is 3. The lowest BCUT2D eigenvalue weighted by atomic mass is 9.76. The molecule has 1 saturated carbocycles. The van der Waals surface area contributed by atoms with E-state index in [9.17, 15) is 5.26 Å². The van der Waals surface area contributed by atoms with E-state index in [4.69, 9.17) is 5.11 Å². The molecule has 0 radical (unpaired) electrons. The highest BCUT2D eigenvalue weighted by Crippen LogP contribution is 2.34. The molecule has 0 aromatic carbocycles. The van der Waals surface area contributed by atoms with Gasteiger partial charge in [0.2, 0.25) is 0 Å². The molecule has 3 unspecified atom stereocenters. The van der Waals surface area contributed by atoms with Crippen molar-refractivity contribution in [3.8, 4) is 6.07 Å². The molecule has 18 heavy (non-hydrogen) atoms. The van der Waals surface area contributed by atoms with Crippen molar-refractivity contribution < 1.29 is 5.11 Å². The Morgan fingerprint density at radius 2 is 2.11 bits per heavy atom. The van der Waals surface area contributed by atoms with Crippen LogP contribution < -0.4 is 0 Å². The van der Waals surface area contributed by atoms with Gasteiger partial charge in [0, 0.05) is 25.2 Å². The van der Waals surface area contributed by atoms with Gasteiger partial charge in [-0.3, -0.25) is 4.90 Å². The van der Waals surface area contributed by atoms with Crippen molar-refractivity contribution in [1.82, 2.24) is 4.90 Å². The summed E-state index contributed by atoms with van der Waals surface area (Å²) in [5.41, 5.74) is 0. The number of aliphatic hydroxyl groups excluding tert-OH is 1. The van der Waals surface area contributed by atoms with E-state index < -0.39 is 0 Å². The Morgan fingerprint density at radius 1 is 1.39 bits per heavy atom. The lowest BCUT2D eigenvalue weighted by molar-refractivity contribution is 0.0671. The fourth-order valence-corrected chi connectivity index (χ4v) is 3.18. The summed E-state index contributed by atoms with van der Waals surface area (Å²) in [6.45, 7) is 7.79. The third-order valence-corrected chi connectivity index (χ3v) is 4.33. The van der Waals surface area contributed by atoms with Crippen LogP contribution in [0.2, 0.25) is 0 Å². The first kappa shape index (κ1) is 15.5. The fraction of sp³-hybridized carbons (Fsp3) is 0.933. The topological polar surface area (TPSA) is 47.3 Å². The summed E-state index contributed by atoms with van der Waals surface area (Å²) in [4.78, 5) is 2.44. The molecule has 1 aliphatic carbocycles. The van der Waals surface area contributed by atoms with Crippen molar-refractivity contribution in [2.75, 3.05) is 13.2 Å². The zero-order valence-corrected chi connectivity index (χ0v) is 12.1. The molecule has 0 saturated heterocycles. The second-order valence-electron chi connectivity index (χ2n) is 5.80.